The minimum Gasteiger partial charge on any atom is -0.369 e. The molecule has 0 aromatic heterocycles. The molecule has 5 nitrogen and oxygen atoms in total. The van der Waals surface area contributed by atoms with E-state index in [4.69, 9.17) is 5.73 Å². The van der Waals surface area contributed by atoms with E-state index in [1.807, 2.05) is 12.1 Å². The van der Waals surface area contributed by atoms with Crippen LogP contribution in [0.15, 0.2) is 24.3 Å². The Morgan fingerprint density at radius 1 is 1.00 bits per heavy atom. The van der Waals surface area contributed by atoms with Crippen molar-refractivity contribution >= 4 is 29.3 Å². The molecule has 0 aliphatic carbocycles. The number of amides is 2. The summed E-state index contributed by atoms with van der Waals surface area (Å²) in [6.07, 6.45) is 17.4. The Morgan fingerprint density at radius 2 is 1.66 bits per heavy atom. The first kappa shape index (κ1) is 23.0. The monoisotopic (exact) mass is 399 g/mol. The lowest BCUT2D eigenvalue weighted by atomic mass is 10.0. The van der Waals surface area contributed by atoms with Crippen molar-refractivity contribution in [1.29, 1.82) is 0 Å². The van der Waals surface area contributed by atoms with Crippen LogP contribution in [0.5, 0.6) is 0 Å². The van der Waals surface area contributed by atoms with Crippen LogP contribution in [0.25, 0.3) is 6.08 Å². The third-order valence-electron chi connectivity index (χ3n) is 5.39. The van der Waals surface area contributed by atoms with E-state index < -0.39 is 5.91 Å². The Morgan fingerprint density at radius 3 is 2.31 bits per heavy atom. The molecule has 0 unspecified atom stereocenters. The molecule has 1 aliphatic rings. The molecule has 3 N–H and O–H groups in total. The smallest absolute Gasteiger partial charge is 0.233 e. The van der Waals surface area contributed by atoms with Crippen molar-refractivity contribution in [3.05, 3.63) is 29.8 Å². The van der Waals surface area contributed by atoms with Gasteiger partial charge < -0.3 is 16.0 Å². The fourth-order valence-corrected chi connectivity index (χ4v) is 3.82. The second-order valence-electron chi connectivity index (χ2n) is 8.00. The summed E-state index contributed by atoms with van der Waals surface area (Å²) in [5.41, 5.74) is 8.06. The largest absolute Gasteiger partial charge is 0.369 e. The Kier molecular flexibility index (Phi) is 10.3. The Hall–Kier alpha value is -2.30. The number of nitrogens with one attached hydrogen (secondary N) is 1. The number of primary amides is 1. The van der Waals surface area contributed by atoms with Crippen molar-refractivity contribution in [3.8, 4) is 0 Å². The summed E-state index contributed by atoms with van der Waals surface area (Å²) in [5, 5.41) is 2.73. The number of hydrogen-bond donors (Lipinski definition) is 2. The Labute approximate surface area is 175 Å². The van der Waals surface area contributed by atoms with Gasteiger partial charge in [0.25, 0.3) is 0 Å². The number of anilines is 2. The van der Waals surface area contributed by atoms with E-state index in [0.29, 0.717) is 5.69 Å². The molecule has 0 bridgehead atoms. The molecule has 160 valence electrons. The van der Waals surface area contributed by atoms with Gasteiger partial charge in [0, 0.05) is 24.5 Å². The topological polar surface area (TPSA) is 75.4 Å². The van der Waals surface area contributed by atoms with Gasteiger partial charge in [-0.2, -0.15) is 0 Å². The van der Waals surface area contributed by atoms with Crippen LogP contribution in [0, 0.1) is 0 Å². The number of nitrogens with zero attached hydrogens (tertiary/aromatic N) is 1. The molecular formula is C24H37N3O2. The maximum absolute atomic E-state index is 11.7. The van der Waals surface area contributed by atoms with Gasteiger partial charge in [0.05, 0.1) is 0 Å². The zero-order valence-electron chi connectivity index (χ0n) is 17.9. The maximum atomic E-state index is 11.7. The van der Waals surface area contributed by atoms with E-state index in [-0.39, 0.29) is 12.3 Å². The molecule has 1 heterocycles. The second kappa shape index (κ2) is 13.0. The number of carbonyl (C=O) groups excluding carboxylic acids is 2. The number of benzene rings is 1. The van der Waals surface area contributed by atoms with E-state index in [9.17, 15) is 9.59 Å². The lowest BCUT2D eigenvalue weighted by Crippen LogP contribution is -2.27. The first-order chi connectivity index (χ1) is 14.1. The summed E-state index contributed by atoms with van der Waals surface area (Å²) in [6.45, 7) is 4.25. The van der Waals surface area contributed by atoms with Crippen LogP contribution < -0.4 is 16.0 Å². The highest BCUT2D eigenvalue weighted by atomic mass is 16.2. The second-order valence-corrected chi connectivity index (χ2v) is 8.00. The summed E-state index contributed by atoms with van der Waals surface area (Å²) in [7, 11) is 0. The fraction of sp³-hybridized carbons (Fsp3) is 0.583. The average Bonchev–Trinajstić information content (AvgIpc) is 2.68. The quantitative estimate of drug-likeness (QED) is 0.331. The average molecular weight is 400 g/mol. The van der Waals surface area contributed by atoms with E-state index in [0.717, 1.165) is 18.7 Å². The van der Waals surface area contributed by atoms with Gasteiger partial charge in [0.1, 0.15) is 6.42 Å². The van der Waals surface area contributed by atoms with Crippen LogP contribution >= 0.6 is 0 Å². The SMILES string of the molecule is CCCCCCCCCCCCN1CC=Cc2cc(NC(=O)CC(N)=O)ccc21. The maximum Gasteiger partial charge on any atom is 0.233 e. The van der Waals surface area contributed by atoms with Crippen molar-refractivity contribution in [3.63, 3.8) is 0 Å². The highest BCUT2D eigenvalue weighted by Crippen LogP contribution is 2.29. The first-order valence-corrected chi connectivity index (χ1v) is 11.2. The number of unbranched alkanes of at least 4 members (excludes halogenated alkanes) is 9. The van der Waals surface area contributed by atoms with Gasteiger partial charge in [-0.3, -0.25) is 9.59 Å². The van der Waals surface area contributed by atoms with Gasteiger partial charge >= 0.3 is 0 Å². The Balaban J connectivity index is 1.70. The van der Waals surface area contributed by atoms with Crippen molar-refractivity contribution in [2.24, 2.45) is 5.73 Å². The van der Waals surface area contributed by atoms with Crippen molar-refractivity contribution in [1.82, 2.24) is 0 Å². The van der Waals surface area contributed by atoms with Crippen LogP contribution in [0.4, 0.5) is 11.4 Å². The number of nitrogens with two attached hydrogens (primary N) is 1. The third-order valence-corrected chi connectivity index (χ3v) is 5.39. The van der Waals surface area contributed by atoms with E-state index in [1.54, 1.807) is 0 Å². The minimum absolute atomic E-state index is 0.294. The van der Waals surface area contributed by atoms with Gasteiger partial charge in [0.2, 0.25) is 11.8 Å². The number of rotatable bonds is 14. The number of fused-ring (bicyclic) bond motifs is 1. The van der Waals surface area contributed by atoms with Gasteiger partial charge in [-0.05, 0) is 30.2 Å². The molecule has 0 fully saturated rings. The molecule has 0 saturated heterocycles. The molecule has 1 aliphatic heterocycles. The van der Waals surface area contributed by atoms with Crippen LogP contribution in [-0.4, -0.2) is 24.9 Å². The van der Waals surface area contributed by atoms with Crippen LogP contribution in [0.2, 0.25) is 0 Å². The van der Waals surface area contributed by atoms with Gasteiger partial charge in [-0.15, -0.1) is 0 Å². The highest BCUT2D eigenvalue weighted by molar-refractivity contribution is 6.03. The third kappa shape index (κ3) is 8.71. The van der Waals surface area contributed by atoms with E-state index in [1.165, 1.54) is 69.9 Å². The van der Waals surface area contributed by atoms with Gasteiger partial charge in [0.15, 0.2) is 0 Å². The standard InChI is InChI=1S/C24H37N3O2/c1-2-3-4-5-6-7-8-9-10-11-16-27-17-12-13-20-18-21(14-15-22(20)27)26-24(29)19-23(25)28/h12-15,18H,2-11,16-17,19H2,1H3,(H2,25,28)(H,26,29). The highest BCUT2D eigenvalue weighted by Gasteiger charge is 2.14. The molecule has 2 amide bonds. The summed E-state index contributed by atoms with van der Waals surface area (Å²) in [5.74, 6) is -0.998. The van der Waals surface area contributed by atoms with Crippen LogP contribution in [0.3, 0.4) is 0 Å². The van der Waals surface area contributed by atoms with E-state index in [2.05, 4.69) is 35.4 Å². The van der Waals surface area contributed by atoms with Crippen LogP contribution in [-0.2, 0) is 9.59 Å². The predicted octanol–water partition coefficient (Wildman–Crippen LogP) is 5.25. The van der Waals surface area contributed by atoms with Gasteiger partial charge in [-0.1, -0.05) is 76.9 Å². The molecule has 29 heavy (non-hydrogen) atoms. The number of carbonyl (C=O) groups is 2. The molecule has 0 saturated carbocycles. The normalized spacial score (nSPS) is 12.7. The Bertz CT molecular complexity index is 685. The first-order valence-electron chi connectivity index (χ1n) is 11.2. The van der Waals surface area contributed by atoms with Gasteiger partial charge in [-0.25, -0.2) is 0 Å². The lowest BCUT2D eigenvalue weighted by Gasteiger charge is -2.28. The van der Waals surface area contributed by atoms with Crippen molar-refractivity contribution in [2.75, 3.05) is 23.3 Å². The molecule has 0 spiro atoms. The molecule has 0 radical (unpaired) electrons. The molecule has 0 atom stereocenters. The summed E-state index contributed by atoms with van der Waals surface area (Å²) < 4.78 is 0. The minimum atomic E-state index is -0.622. The van der Waals surface area contributed by atoms with Crippen LogP contribution in [0.1, 0.15) is 83.1 Å². The van der Waals surface area contributed by atoms with Crippen molar-refractivity contribution in [2.45, 2.75) is 77.6 Å². The number of hydrogen-bond acceptors (Lipinski definition) is 3. The summed E-state index contributed by atoms with van der Waals surface area (Å²) in [4.78, 5) is 25.0. The molecule has 2 rings (SSSR count). The summed E-state index contributed by atoms with van der Waals surface area (Å²) >= 11 is 0. The molecule has 1 aromatic rings. The van der Waals surface area contributed by atoms with Crippen molar-refractivity contribution < 1.29 is 9.59 Å². The zero-order valence-corrected chi connectivity index (χ0v) is 17.9. The van der Waals surface area contributed by atoms with E-state index >= 15 is 0 Å². The zero-order chi connectivity index (χ0) is 20.9. The summed E-state index contributed by atoms with van der Waals surface area (Å²) in [6, 6.07) is 5.90. The lowest BCUT2D eigenvalue weighted by molar-refractivity contribution is -0.124. The molecular weight excluding hydrogens is 362 g/mol. The predicted molar refractivity (Wildman–Crippen MR) is 122 cm³/mol. The molecule has 5 heteroatoms. The fourth-order valence-electron chi connectivity index (χ4n) is 3.82. The molecule has 1 aromatic carbocycles.